The van der Waals surface area contributed by atoms with Gasteiger partial charge in [0.05, 0.1) is 22.9 Å². The van der Waals surface area contributed by atoms with Crippen LogP contribution in [0.25, 0.3) is 0 Å². The van der Waals surface area contributed by atoms with Crippen LogP contribution in [0.15, 0.2) is 27.2 Å². The van der Waals surface area contributed by atoms with Crippen molar-refractivity contribution in [2.24, 2.45) is 5.73 Å². The number of halogens is 1. The van der Waals surface area contributed by atoms with Gasteiger partial charge in [-0.25, -0.2) is 0 Å². The van der Waals surface area contributed by atoms with Crippen molar-refractivity contribution in [1.82, 2.24) is 14.7 Å². The van der Waals surface area contributed by atoms with Gasteiger partial charge in [0.2, 0.25) is 0 Å². The van der Waals surface area contributed by atoms with Crippen LogP contribution in [0, 0.1) is 0 Å². The van der Waals surface area contributed by atoms with Crippen LogP contribution >= 0.6 is 15.9 Å². The number of aromatic nitrogens is 2. The first-order valence-corrected chi connectivity index (χ1v) is 7.52. The summed E-state index contributed by atoms with van der Waals surface area (Å²) in [4.78, 5) is 2.12. The molecule has 5 nitrogen and oxygen atoms in total. The molecule has 2 aromatic rings. The zero-order chi connectivity index (χ0) is 14.7. The average Bonchev–Trinajstić information content (AvgIpc) is 3.02. The average molecular weight is 341 g/mol. The first-order valence-electron chi connectivity index (χ1n) is 6.73. The van der Waals surface area contributed by atoms with Gasteiger partial charge in [-0.2, -0.15) is 5.10 Å². The summed E-state index contributed by atoms with van der Waals surface area (Å²) in [7, 11) is 4.08. The fourth-order valence-electron chi connectivity index (χ4n) is 2.04. The lowest BCUT2D eigenvalue weighted by Gasteiger charge is -2.15. The molecule has 6 heteroatoms. The molecule has 20 heavy (non-hydrogen) atoms. The number of hydrogen-bond donors (Lipinski definition) is 1. The van der Waals surface area contributed by atoms with E-state index < -0.39 is 0 Å². The van der Waals surface area contributed by atoms with Crippen LogP contribution in [-0.4, -0.2) is 35.3 Å². The minimum absolute atomic E-state index is 0.311. The van der Waals surface area contributed by atoms with E-state index in [2.05, 4.69) is 32.9 Å². The highest BCUT2D eigenvalue weighted by Gasteiger charge is 2.21. The quantitative estimate of drug-likeness (QED) is 0.877. The van der Waals surface area contributed by atoms with Crippen LogP contribution in [0.2, 0.25) is 0 Å². The Kier molecular flexibility index (Phi) is 5.01. The first kappa shape index (κ1) is 15.3. The molecule has 0 amide bonds. The number of aryl methyl sites for hydroxylation is 1. The smallest absolute Gasteiger partial charge is 0.127 e. The molecule has 0 saturated heterocycles. The molecule has 0 saturated carbocycles. The van der Waals surface area contributed by atoms with Gasteiger partial charge >= 0.3 is 0 Å². The molecule has 2 N–H and O–H groups in total. The van der Waals surface area contributed by atoms with Crippen molar-refractivity contribution in [1.29, 1.82) is 0 Å². The van der Waals surface area contributed by atoms with Crippen LogP contribution in [0.3, 0.4) is 0 Å². The maximum absolute atomic E-state index is 6.34. The molecule has 0 fully saturated rings. The Morgan fingerprint density at radius 2 is 2.20 bits per heavy atom. The third-order valence-electron chi connectivity index (χ3n) is 3.22. The van der Waals surface area contributed by atoms with E-state index in [0.29, 0.717) is 0 Å². The van der Waals surface area contributed by atoms with Gasteiger partial charge in [-0.05, 0) is 42.2 Å². The Morgan fingerprint density at radius 3 is 2.80 bits per heavy atom. The van der Waals surface area contributed by atoms with Gasteiger partial charge in [0, 0.05) is 13.0 Å². The van der Waals surface area contributed by atoms with E-state index in [0.717, 1.165) is 41.2 Å². The molecule has 0 bridgehead atoms. The Hall–Kier alpha value is -1.11. The maximum atomic E-state index is 6.34. The lowest BCUT2D eigenvalue weighted by molar-refractivity contribution is 0.364. The third-order valence-corrected chi connectivity index (χ3v) is 3.84. The summed E-state index contributed by atoms with van der Waals surface area (Å²) >= 11 is 3.53. The van der Waals surface area contributed by atoms with Crippen molar-refractivity contribution in [3.63, 3.8) is 0 Å². The predicted molar refractivity (Wildman–Crippen MR) is 82.6 cm³/mol. The van der Waals surface area contributed by atoms with Crippen LogP contribution in [0.4, 0.5) is 0 Å². The number of rotatable bonds is 6. The molecule has 2 aromatic heterocycles. The number of nitrogens with zero attached hydrogens (tertiary/aromatic N) is 3. The van der Waals surface area contributed by atoms with Crippen molar-refractivity contribution in [3.05, 3.63) is 40.0 Å². The summed E-state index contributed by atoms with van der Waals surface area (Å²) in [6, 6.07) is 3.61. The largest absolute Gasteiger partial charge is 0.464 e. The fraction of sp³-hybridized carbons (Fsp3) is 0.500. The van der Waals surface area contributed by atoms with Crippen molar-refractivity contribution < 1.29 is 4.42 Å². The molecule has 110 valence electrons. The number of furan rings is 1. The monoisotopic (exact) mass is 340 g/mol. The van der Waals surface area contributed by atoms with Crippen molar-refractivity contribution in [2.45, 2.75) is 25.9 Å². The second-order valence-electron chi connectivity index (χ2n) is 5.04. The minimum Gasteiger partial charge on any atom is -0.464 e. The molecule has 2 heterocycles. The summed E-state index contributed by atoms with van der Waals surface area (Å²) in [6.07, 6.45) is 2.66. The minimum atomic E-state index is -0.311. The summed E-state index contributed by atoms with van der Waals surface area (Å²) in [5.74, 6) is 1.72. The molecule has 0 aliphatic rings. The number of nitrogens with two attached hydrogens (primary N) is 1. The van der Waals surface area contributed by atoms with Gasteiger partial charge in [0.1, 0.15) is 17.6 Å². The molecular formula is C14H21BrN4O. The molecule has 1 atom stereocenters. The Morgan fingerprint density at radius 1 is 1.45 bits per heavy atom. The Balaban J connectivity index is 2.24. The van der Waals surface area contributed by atoms with Gasteiger partial charge in [-0.1, -0.05) is 6.92 Å². The van der Waals surface area contributed by atoms with E-state index in [1.807, 2.05) is 30.9 Å². The van der Waals surface area contributed by atoms with Crippen molar-refractivity contribution in [3.8, 4) is 0 Å². The molecule has 0 spiro atoms. The molecule has 0 radical (unpaired) electrons. The maximum Gasteiger partial charge on any atom is 0.127 e. The van der Waals surface area contributed by atoms with E-state index in [1.54, 1.807) is 6.20 Å². The molecule has 0 aliphatic heterocycles. The number of likely N-dealkylation sites (N-methyl/N-ethyl adjacent to an activating group) is 1. The number of hydrogen-bond acceptors (Lipinski definition) is 4. The SMILES string of the molecule is CCc1ccc(C(N)c2c(Br)cnn2CCN(C)C)o1. The van der Waals surface area contributed by atoms with Crippen LogP contribution in [0.5, 0.6) is 0 Å². The summed E-state index contributed by atoms with van der Waals surface area (Å²) in [6.45, 7) is 3.76. The van der Waals surface area contributed by atoms with Gasteiger partial charge < -0.3 is 15.1 Å². The van der Waals surface area contributed by atoms with Gasteiger partial charge in [0.15, 0.2) is 0 Å². The second-order valence-corrected chi connectivity index (χ2v) is 5.89. The van der Waals surface area contributed by atoms with Gasteiger partial charge in [-0.3, -0.25) is 4.68 Å². The summed E-state index contributed by atoms with van der Waals surface area (Å²) < 4.78 is 8.61. The van der Waals surface area contributed by atoms with E-state index in [4.69, 9.17) is 10.2 Å². The topological polar surface area (TPSA) is 60.2 Å². The molecule has 0 aliphatic carbocycles. The summed E-state index contributed by atoms with van der Waals surface area (Å²) in [5, 5.41) is 4.38. The van der Waals surface area contributed by atoms with Crippen LogP contribution in [-0.2, 0) is 13.0 Å². The van der Waals surface area contributed by atoms with E-state index >= 15 is 0 Å². The molecule has 1 unspecified atom stereocenters. The fourth-order valence-corrected chi connectivity index (χ4v) is 2.58. The highest BCUT2D eigenvalue weighted by molar-refractivity contribution is 9.10. The first-order chi connectivity index (χ1) is 9.52. The summed E-state index contributed by atoms with van der Waals surface area (Å²) in [5.41, 5.74) is 7.29. The van der Waals surface area contributed by atoms with E-state index in [-0.39, 0.29) is 6.04 Å². The van der Waals surface area contributed by atoms with Crippen molar-refractivity contribution >= 4 is 15.9 Å². The standard InChI is InChI=1S/C14H21BrN4O/c1-4-10-5-6-12(20-10)13(16)14-11(15)9-17-19(14)8-7-18(2)3/h5-6,9,13H,4,7-8,16H2,1-3H3. The van der Waals surface area contributed by atoms with E-state index in [1.165, 1.54) is 0 Å². The Bertz CT molecular complexity index is 561. The molecular weight excluding hydrogens is 320 g/mol. The van der Waals surface area contributed by atoms with Crippen LogP contribution in [0.1, 0.15) is 30.2 Å². The third kappa shape index (κ3) is 3.31. The van der Waals surface area contributed by atoms with E-state index in [9.17, 15) is 0 Å². The lowest BCUT2D eigenvalue weighted by atomic mass is 10.1. The lowest BCUT2D eigenvalue weighted by Crippen LogP contribution is -2.23. The normalized spacial score (nSPS) is 13.1. The molecule has 0 aromatic carbocycles. The highest BCUT2D eigenvalue weighted by Crippen LogP contribution is 2.28. The zero-order valence-corrected chi connectivity index (χ0v) is 13.7. The van der Waals surface area contributed by atoms with Crippen molar-refractivity contribution in [2.75, 3.05) is 20.6 Å². The zero-order valence-electron chi connectivity index (χ0n) is 12.1. The molecule has 2 rings (SSSR count). The second kappa shape index (κ2) is 6.56. The van der Waals surface area contributed by atoms with Crippen LogP contribution < -0.4 is 5.73 Å². The predicted octanol–water partition coefficient (Wildman–Crippen LogP) is 2.41. The van der Waals surface area contributed by atoms with Gasteiger partial charge in [0.25, 0.3) is 0 Å². The Labute approximate surface area is 127 Å². The highest BCUT2D eigenvalue weighted by atomic mass is 79.9. The van der Waals surface area contributed by atoms with Gasteiger partial charge in [-0.15, -0.1) is 0 Å².